The quantitative estimate of drug-likeness (QED) is 0.741. The molecular weight excluding hydrogens is 268 g/mol. The molecule has 1 saturated carbocycles. The van der Waals surface area contributed by atoms with Crippen LogP contribution in [0.4, 0.5) is 4.79 Å². The Morgan fingerprint density at radius 3 is 2.43 bits per heavy atom. The largest absolute Gasteiger partial charge is 0.444 e. The predicted octanol–water partition coefficient (Wildman–Crippen LogP) is 2.76. The van der Waals surface area contributed by atoms with Gasteiger partial charge in [-0.15, -0.1) is 0 Å². The average molecular weight is 296 g/mol. The van der Waals surface area contributed by atoms with Crippen molar-refractivity contribution in [3.8, 4) is 0 Å². The maximum Gasteiger partial charge on any atom is 0.407 e. The Bertz CT molecular complexity index is 406. The molecule has 0 aromatic rings. The molecule has 120 valence electrons. The smallest absolute Gasteiger partial charge is 0.407 e. The normalized spacial score (nSPS) is 17.1. The highest BCUT2D eigenvalue weighted by Gasteiger charge is 2.33. The van der Waals surface area contributed by atoms with Gasteiger partial charge in [0.2, 0.25) is 5.91 Å². The molecule has 5 nitrogen and oxygen atoms in total. The molecule has 0 aliphatic heterocycles. The number of allylic oxidation sites excluding steroid dienone is 1. The standard InChI is InChI=1S/C16H28N2O3/c1-6-7-11(2)14(19)18-13(12-8-9-12)10-17-15(20)21-16(3,4)5/h7,12-13H,6,8-10H2,1-5H3,(H,17,20)(H,18,19)/b11-7-. The van der Waals surface area contributed by atoms with Crippen molar-refractivity contribution in [2.24, 2.45) is 5.92 Å². The van der Waals surface area contributed by atoms with E-state index < -0.39 is 11.7 Å². The fraction of sp³-hybridized carbons (Fsp3) is 0.750. The van der Waals surface area contributed by atoms with Crippen molar-refractivity contribution in [1.82, 2.24) is 10.6 Å². The Hall–Kier alpha value is -1.52. The highest BCUT2D eigenvalue weighted by Crippen LogP contribution is 2.32. The predicted molar refractivity (Wildman–Crippen MR) is 82.9 cm³/mol. The summed E-state index contributed by atoms with van der Waals surface area (Å²) in [6, 6.07) is -0.0229. The number of ether oxygens (including phenoxy) is 1. The minimum absolute atomic E-state index is 0.0229. The monoisotopic (exact) mass is 296 g/mol. The van der Waals surface area contributed by atoms with Crippen LogP contribution in [0.1, 0.15) is 53.9 Å². The van der Waals surface area contributed by atoms with Crippen LogP contribution in [0.3, 0.4) is 0 Å². The second kappa shape index (κ2) is 7.48. The van der Waals surface area contributed by atoms with Gasteiger partial charge in [-0.05, 0) is 52.9 Å². The molecule has 1 rings (SSSR count). The summed E-state index contributed by atoms with van der Waals surface area (Å²) in [4.78, 5) is 23.7. The van der Waals surface area contributed by atoms with Gasteiger partial charge in [-0.2, -0.15) is 0 Å². The molecule has 5 heteroatoms. The van der Waals surface area contributed by atoms with Gasteiger partial charge in [-0.25, -0.2) is 4.79 Å². The van der Waals surface area contributed by atoms with Crippen LogP contribution in [0.5, 0.6) is 0 Å². The third-order valence-corrected chi connectivity index (χ3v) is 3.24. The van der Waals surface area contributed by atoms with Crippen LogP contribution < -0.4 is 10.6 Å². The van der Waals surface area contributed by atoms with Crippen LogP contribution in [0.15, 0.2) is 11.6 Å². The van der Waals surface area contributed by atoms with E-state index >= 15 is 0 Å². The molecule has 1 unspecified atom stereocenters. The van der Waals surface area contributed by atoms with Crippen LogP contribution in [-0.2, 0) is 9.53 Å². The molecule has 1 aliphatic rings. The van der Waals surface area contributed by atoms with Gasteiger partial charge in [0.1, 0.15) is 5.60 Å². The molecular formula is C16H28N2O3. The molecule has 2 N–H and O–H groups in total. The number of rotatable bonds is 6. The van der Waals surface area contributed by atoms with Gasteiger partial charge < -0.3 is 15.4 Å². The zero-order valence-electron chi connectivity index (χ0n) is 13.8. The number of hydrogen-bond donors (Lipinski definition) is 2. The van der Waals surface area contributed by atoms with Crippen LogP contribution in [0, 0.1) is 5.92 Å². The first-order valence-electron chi connectivity index (χ1n) is 7.67. The van der Waals surface area contributed by atoms with Crippen LogP contribution in [-0.4, -0.2) is 30.2 Å². The third-order valence-electron chi connectivity index (χ3n) is 3.24. The van der Waals surface area contributed by atoms with Crippen molar-refractivity contribution in [2.45, 2.75) is 65.5 Å². The van der Waals surface area contributed by atoms with Crippen molar-refractivity contribution in [3.63, 3.8) is 0 Å². The molecule has 0 aromatic carbocycles. The lowest BCUT2D eigenvalue weighted by atomic mass is 10.1. The number of hydrogen-bond acceptors (Lipinski definition) is 3. The first-order valence-corrected chi connectivity index (χ1v) is 7.67. The van der Waals surface area contributed by atoms with E-state index in [9.17, 15) is 9.59 Å². The molecule has 0 bridgehead atoms. The van der Waals surface area contributed by atoms with Gasteiger partial charge in [0, 0.05) is 18.2 Å². The van der Waals surface area contributed by atoms with E-state index in [0.717, 1.165) is 24.8 Å². The zero-order valence-corrected chi connectivity index (χ0v) is 13.8. The summed E-state index contributed by atoms with van der Waals surface area (Å²) in [5.41, 5.74) is 0.212. The van der Waals surface area contributed by atoms with Gasteiger partial charge in [-0.3, -0.25) is 4.79 Å². The van der Waals surface area contributed by atoms with Gasteiger partial charge in [-0.1, -0.05) is 13.0 Å². The number of nitrogens with one attached hydrogen (secondary N) is 2. The maximum atomic E-state index is 12.0. The number of carbonyl (C=O) groups excluding carboxylic acids is 2. The van der Waals surface area contributed by atoms with E-state index in [2.05, 4.69) is 10.6 Å². The molecule has 1 aliphatic carbocycles. The molecule has 0 radical (unpaired) electrons. The van der Waals surface area contributed by atoms with Crippen molar-refractivity contribution in [1.29, 1.82) is 0 Å². The molecule has 1 atom stereocenters. The van der Waals surface area contributed by atoms with E-state index in [1.165, 1.54) is 0 Å². The Labute approximate surface area is 127 Å². The molecule has 0 heterocycles. The first-order chi connectivity index (χ1) is 9.73. The average Bonchev–Trinajstić information content (AvgIpc) is 3.16. The maximum absolute atomic E-state index is 12.0. The zero-order chi connectivity index (χ0) is 16.0. The van der Waals surface area contributed by atoms with E-state index in [-0.39, 0.29) is 11.9 Å². The summed E-state index contributed by atoms with van der Waals surface area (Å²) in [5, 5.41) is 5.75. The topological polar surface area (TPSA) is 67.4 Å². The molecule has 0 saturated heterocycles. The number of alkyl carbamates (subject to hydrolysis) is 1. The van der Waals surface area contributed by atoms with Gasteiger partial charge in [0.15, 0.2) is 0 Å². The highest BCUT2D eigenvalue weighted by atomic mass is 16.6. The molecule has 0 aromatic heterocycles. The van der Waals surface area contributed by atoms with Crippen LogP contribution in [0.25, 0.3) is 0 Å². The van der Waals surface area contributed by atoms with Gasteiger partial charge in [0.05, 0.1) is 0 Å². The lowest BCUT2D eigenvalue weighted by Gasteiger charge is -2.22. The lowest BCUT2D eigenvalue weighted by molar-refractivity contribution is -0.118. The van der Waals surface area contributed by atoms with Crippen molar-refractivity contribution < 1.29 is 14.3 Å². The van der Waals surface area contributed by atoms with Crippen LogP contribution in [0.2, 0.25) is 0 Å². The minimum Gasteiger partial charge on any atom is -0.444 e. The molecule has 1 fully saturated rings. The molecule has 2 amide bonds. The Morgan fingerprint density at radius 2 is 1.95 bits per heavy atom. The van der Waals surface area contributed by atoms with Crippen LogP contribution >= 0.6 is 0 Å². The summed E-state index contributed by atoms with van der Waals surface area (Å²) in [7, 11) is 0. The highest BCUT2D eigenvalue weighted by molar-refractivity contribution is 5.93. The van der Waals surface area contributed by atoms with Crippen molar-refractivity contribution >= 4 is 12.0 Å². The van der Waals surface area contributed by atoms with E-state index in [0.29, 0.717) is 12.5 Å². The van der Waals surface area contributed by atoms with Crippen molar-refractivity contribution in [3.05, 3.63) is 11.6 Å². The fourth-order valence-electron chi connectivity index (χ4n) is 2.02. The van der Waals surface area contributed by atoms with Gasteiger partial charge in [0.25, 0.3) is 0 Å². The third kappa shape index (κ3) is 7.16. The first kappa shape index (κ1) is 17.5. The fourth-order valence-corrected chi connectivity index (χ4v) is 2.02. The number of amides is 2. The summed E-state index contributed by atoms with van der Waals surface area (Å²) in [6.07, 6.45) is 4.49. The van der Waals surface area contributed by atoms with Crippen molar-refractivity contribution in [2.75, 3.05) is 6.54 Å². The summed E-state index contributed by atoms with van der Waals surface area (Å²) in [5.74, 6) is 0.401. The second-order valence-electron chi connectivity index (χ2n) is 6.60. The summed E-state index contributed by atoms with van der Waals surface area (Å²) >= 11 is 0. The SMILES string of the molecule is CC/C=C(/C)C(=O)NC(CNC(=O)OC(C)(C)C)C1CC1. The number of carbonyl (C=O) groups is 2. The van der Waals surface area contributed by atoms with E-state index in [4.69, 9.17) is 4.74 Å². The second-order valence-corrected chi connectivity index (χ2v) is 6.60. The Balaban J connectivity index is 2.46. The Morgan fingerprint density at radius 1 is 1.33 bits per heavy atom. The lowest BCUT2D eigenvalue weighted by Crippen LogP contribution is -2.46. The molecule has 21 heavy (non-hydrogen) atoms. The van der Waals surface area contributed by atoms with Gasteiger partial charge >= 0.3 is 6.09 Å². The summed E-state index contributed by atoms with van der Waals surface area (Å²) < 4.78 is 5.21. The minimum atomic E-state index is -0.511. The summed E-state index contributed by atoms with van der Waals surface area (Å²) in [6.45, 7) is 9.69. The van der Waals surface area contributed by atoms with E-state index in [1.54, 1.807) is 0 Å². The Kier molecular flexibility index (Phi) is 6.24. The van der Waals surface area contributed by atoms with E-state index in [1.807, 2.05) is 40.7 Å². The molecule has 0 spiro atoms.